The average Bonchev–Trinajstić information content (AvgIpc) is 1.97. The number of fused-ring (bicyclic) bond motifs is 8. The Kier molecular flexibility index (Phi) is 17.9. The van der Waals surface area contributed by atoms with Gasteiger partial charge in [-0.2, -0.15) is 43.2 Å². The molecule has 0 spiro atoms. The van der Waals surface area contributed by atoms with Crippen LogP contribution < -0.4 is 39.1 Å². The van der Waals surface area contributed by atoms with Crippen LogP contribution in [0, 0.1) is 0 Å². The highest BCUT2D eigenvalue weighted by molar-refractivity contribution is 7.87. The zero-order chi connectivity index (χ0) is 59.8. The Morgan fingerprint density at radius 2 is 0.619 bits per heavy atom. The second-order valence-electron chi connectivity index (χ2n) is 19.5. The number of amides is 4. The number of nitrogens with one attached hydrogen (secondary N) is 4. The highest BCUT2D eigenvalue weighted by atomic mass is 32.2. The van der Waals surface area contributed by atoms with Gasteiger partial charge in [-0.3, -0.25) is 0 Å². The number of para-hydroxylation sites is 4. The number of hydrogen-bond acceptors (Lipinski definition) is 10. The fourth-order valence-electron chi connectivity index (χ4n) is 9.28. The van der Waals surface area contributed by atoms with Crippen LogP contribution in [0.15, 0.2) is 180 Å². The molecule has 0 aliphatic heterocycles. The minimum Gasteiger partial charge on any atom is -0.493 e. The van der Waals surface area contributed by atoms with E-state index >= 15 is 0 Å². The molecule has 0 unspecified atom stereocenters. The van der Waals surface area contributed by atoms with Crippen LogP contribution in [0.5, 0.6) is 23.0 Å². The summed E-state index contributed by atoms with van der Waals surface area (Å²) in [5.41, 5.74) is 3.28. The van der Waals surface area contributed by atoms with Gasteiger partial charge in [-0.05, 0) is 132 Å². The van der Waals surface area contributed by atoms with Gasteiger partial charge in [-0.15, -0.1) is 0 Å². The predicted octanol–water partition coefficient (Wildman–Crippen LogP) is 14.8. The Hall–Kier alpha value is -9.02. The van der Waals surface area contributed by atoms with E-state index < -0.39 is 55.8 Å². The molecule has 4 amide bonds. The highest BCUT2D eigenvalue weighted by Crippen LogP contribution is 2.41. The molecule has 8 aromatic rings. The van der Waals surface area contributed by atoms with Gasteiger partial charge >= 0.3 is 44.7 Å². The smallest absolute Gasteiger partial charge is 0.416 e. The lowest BCUT2D eigenvalue weighted by Crippen LogP contribution is -2.19. The first-order chi connectivity index (χ1) is 40.1. The molecule has 9 rings (SSSR count). The van der Waals surface area contributed by atoms with E-state index in [1.807, 2.05) is 50.2 Å². The summed E-state index contributed by atoms with van der Waals surface area (Å²) in [5, 5.41) is 9.98. The summed E-state index contributed by atoms with van der Waals surface area (Å²) in [6, 6.07) is 38.1. The van der Waals surface area contributed by atoms with E-state index in [-0.39, 0.29) is 82.9 Å². The summed E-state index contributed by atoms with van der Waals surface area (Å²) in [6.07, 6.45) is -7.48. The molecule has 14 nitrogen and oxygen atoms in total. The van der Waals surface area contributed by atoms with Gasteiger partial charge in [-0.1, -0.05) is 86.6 Å². The van der Waals surface area contributed by atoms with Gasteiger partial charge in [0.05, 0.1) is 24.3 Å². The Morgan fingerprint density at radius 3 is 0.857 bits per heavy atom. The lowest BCUT2D eigenvalue weighted by molar-refractivity contribution is -0.138. The molecule has 0 saturated carbocycles. The van der Waals surface area contributed by atoms with E-state index in [4.69, 9.17) is 17.8 Å². The summed E-state index contributed by atoms with van der Waals surface area (Å²) < 4.78 is 162. The van der Waals surface area contributed by atoms with Gasteiger partial charge in [-0.25, -0.2) is 9.59 Å². The van der Waals surface area contributed by atoms with Crippen molar-refractivity contribution >= 4 is 55.0 Å². The topological polar surface area (TPSA) is 187 Å². The highest BCUT2D eigenvalue weighted by Gasteiger charge is 2.32. The fourth-order valence-corrected chi connectivity index (χ4v) is 11.3. The first-order valence-corrected chi connectivity index (χ1v) is 29.2. The summed E-state index contributed by atoms with van der Waals surface area (Å²) >= 11 is 0. The lowest BCUT2D eigenvalue weighted by Gasteiger charge is -2.22. The van der Waals surface area contributed by atoms with Crippen molar-refractivity contribution in [1.29, 1.82) is 0 Å². The summed E-state index contributed by atoms with van der Waals surface area (Å²) in [5.74, 6) is 1.05. The molecular formula is C62H54F6N4O10S2. The van der Waals surface area contributed by atoms with Crippen molar-refractivity contribution in [3.05, 3.63) is 225 Å². The van der Waals surface area contributed by atoms with Crippen molar-refractivity contribution in [1.82, 2.24) is 0 Å². The molecular weight excluding hydrogens is 1140 g/mol. The number of hydrogen-bond donors (Lipinski definition) is 4. The average molecular weight is 1190 g/mol. The van der Waals surface area contributed by atoms with Gasteiger partial charge in [0, 0.05) is 70.7 Å². The first kappa shape index (κ1) is 59.6. The fraction of sp³-hybridized carbons (Fsp3) is 0.194. The van der Waals surface area contributed by atoms with Crippen LogP contribution in [0.1, 0.15) is 82.3 Å². The number of halogens is 6. The first-order valence-electron chi connectivity index (χ1n) is 26.3. The van der Waals surface area contributed by atoms with Crippen LogP contribution in [0.2, 0.25) is 0 Å². The molecule has 0 heterocycles. The molecule has 1 aliphatic carbocycles. The second kappa shape index (κ2) is 25.2. The van der Waals surface area contributed by atoms with Crippen molar-refractivity contribution in [2.24, 2.45) is 0 Å². The van der Waals surface area contributed by atoms with Gasteiger partial charge in [0.25, 0.3) is 0 Å². The van der Waals surface area contributed by atoms with Crippen LogP contribution in [0.4, 0.5) is 58.7 Å². The van der Waals surface area contributed by atoms with E-state index in [2.05, 4.69) is 21.3 Å². The number of alkyl halides is 6. The molecule has 22 heteroatoms. The number of carbonyl (C=O) groups is 2. The maximum absolute atomic E-state index is 14.5. The minimum atomic E-state index is -4.61. The Balaban J connectivity index is 1.03. The zero-order valence-electron chi connectivity index (χ0n) is 45.0. The SMILES string of the molecule is CCCOc1c2cccc1Cc1cccc(c1OS(=O)(=O)c1ccc(NC(=O)Nc3ccc(C(F)(F)F)cc3)cc1)Cc1cccc(c1OCCC)Cc1cccc(c1OS(=O)(=O)c1ccc(NC(=O)Nc3ccc(C(F)(F)F)cc3)cc1)C2. The summed E-state index contributed by atoms with van der Waals surface area (Å²) in [6.45, 7) is 4.46. The minimum absolute atomic E-state index is 0.0535. The monoisotopic (exact) mass is 1190 g/mol. The Morgan fingerprint density at radius 1 is 0.381 bits per heavy atom. The number of rotatable bonds is 16. The molecule has 8 bridgehead atoms. The van der Waals surface area contributed by atoms with Crippen LogP contribution in [0.3, 0.4) is 0 Å². The van der Waals surface area contributed by atoms with E-state index in [1.54, 1.807) is 36.4 Å². The molecule has 1 aliphatic rings. The van der Waals surface area contributed by atoms with Crippen LogP contribution in [0.25, 0.3) is 0 Å². The lowest BCUT2D eigenvalue weighted by atomic mass is 9.91. The third-order valence-electron chi connectivity index (χ3n) is 13.3. The molecule has 84 heavy (non-hydrogen) atoms. The van der Waals surface area contributed by atoms with E-state index in [0.717, 1.165) is 48.5 Å². The Bertz CT molecular complexity index is 3580. The molecule has 8 aromatic carbocycles. The summed E-state index contributed by atoms with van der Waals surface area (Å²) in [7, 11) is -9.22. The standard InChI is InChI=1S/C62H54F6N4O10S2/c1-3-33-79-55-39-9-5-10-40(55)36-44-14-8-16-46(58(44)82-84(77,78)54-31-27-52(28-32-54)72-60(74)70-50-23-19-48(20-24-50)62(66,67)68)38-42-12-6-11-41(56(42)80-34-4-2)37-45-15-7-13-43(35-39)57(45)81-83(75,76)53-29-25-51(26-30-53)71-59(73)69-49-21-17-47(18-22-49)61(63,64)65/h5-32H,3-4,33-38H2,1-2H3,(H2,69,71,73)(H2,70,72,74). The number of carbonyl (C=O) groups excluding carboxylic acids is 2. The van der Waals surface area contributed by atoms with Gasteiger partial charge in [0.15, 0.2) is 0 Å². The third-order valence-corrected chi connectivity index (χ3v) is 15.7. The molecule has 0 saturated heterocycles. The maximum Gasteiger partial charge on any atom is 0.416 e. The molecule has 0 atom stereocenters. The zero-order valence-corrected chi connectivity index (χ0v) is 46.6. The van der Waals surface area contributed by atoms with Gasteiger partial charge < -0.3 is 39.1 Å². The van der Waals surface area contributed by atoms with E-state index in [1.165, 1.54) is 48.5 Å². The van der Waals surface area contributed by atoms with Gasteiger partial charge in [0.1, 0.15) is 32.8 Å². The molecule has 0 fully saturated rings. The molecule has 0 radical (unpaired) electrons. The van der Waals surface area contributed by atoms with Crippen molar-refractivity contribution in [3.63, 3.8) is 0 Å². The predicted molar refractivity (Wildman–Crippen MR) is 305 cm³/mol. The largest absolute Gasteiger partial charge is 0.493 e. The van der Waals surface area contributed by atoms with Crippen molar-refractivity contribution < 1.29 is 70.6 Å². The number of benzene rings is 8. The van der Waals surface area contributed by atoms with Crippen LogP contribution in [-0.4, -0.2) is 42.1 Å². The molecule has 0 aromatic heterocycles. The number of anilines is 4. The van der Waals surface area contributed by atoms with Crippen LogP contribution >= 0.6 is 0 Å². The normalized spacial score (nSPS) is 12.6. The maximum atomic E-state index is 14.5. The van der Waals surface area contributed by atoms with Crippen molar-refractivity contribution in [2.75, 3.05) is 34.5 Å². The molecule has 436 valence electrons. The van der Waals surface area contributed by atoms with Crippen molar-refractivity contribution in [3.8, 4) is 23.0 Å². The quantitative estimate of drug-likeness (QED) is 0.0535. The third kappa shape index (κ3) is 14.6. The van der Waals surface area contributed by atoms with Gasteiger partial charge in [0.2, 0.25) is 0 Å². The number of urea groups is 2. The second-order valence-corrected chi connectivity index (χ2v) is 22.6. The summed E-state index contributed by atoms with van der Waals surface area (Å²) in [4.78, 5) is 25.1. The van der Waals surface area contributed by atoms with Crippen molar-refractivity contribution in [2.45, 2.75) is 74.5 Å². The Labute approximate surface area is 481 Å². The van der Waals surface area contributed by atoms with E-state index in [9.17, 15) is 52.8 Å². The molecule has 4 N–H and O–H groups in total. The number of ether oxygens (including phenoxy) is 2. The van der Waals surface area contributed by atoms with E-state index in [0.29, 0.717) is 68.8 Å². The van der Waals surface area contributed by atoms with Crippen LogP contribution in [-0.2, 0) is 58.3 Å².